The average Bonchev–Trinajstić information content (AvgIpc) is 2.67. The summed E-state index contributed by atoms with van der Waals surface area (Å²) in [7, 11) is -3.21. The molecule has 1 aromatic heterocycles. The lowest BCUT2D eigenvalue weighted by Gasteiger charge is -2.20. The molecule has 2 rings (SSSR count). The van der Waals surface area contributed by atoms with E-state index in [1.54, 1.807) is 12.1 Å². The molecule has 0 radical (unpaired) electrons. The zero-order valence-electron chi connectivity index (χ0n) is 8.69. The molecule has 1 atom stereocenters. The molecule has 0 saturated carbocycles. The molecule has 0 aliphatic carbocycles. The summed E-state index contributed by atoms with van der Waals surface area (Å²) in [6.07, 6.45) is 3.33. The molecule has 0 bridgehead atoms. The fourth-order valence-corrected chi connectivity index (χ4v) is 2.41. The summed E-state index contributed by atoms with van der Waals surface area (Å²) in [5, 5.41) is 3.34. The van der Waals surface area contributed by atoms with Crippen LogP contribution in [0.4, 0.5) is 0 Å². The van der Waals surface area contributed by atoms with E-state index in [-0.39, 0.29) is 5.09 Å². The molecule has 1 N–H and O–H groups in total. The van der Waals surface area contributed by atoms with Crippen LogP contribution in [0, 0.1) is 0 Å². The van der Waals surface area contributed by atoms with E-state index in [1.807, 2.05) is 0 Å². The molecule has 15 heavy (non-hydrogen) atoms. The van der Waals surface area contributed by atoms with E-state index in [0.29, 0.717) is 5.92 Å². The van der Waals surface area contributed by atoms with Gasteiger partial charge in [-0.1, -0.05) is 0 Å². The molecule has 2 heterocycles. The molecule has 0 aromatic carbocycles. The van der Waals surface area contributed by atoms with E-state index in [4.69, 9.17) is 4.42 Å². The SMILES string of the molecule is CS(=O)(=O)c1ccc(C2CCCNC2)o1. The third kappa shape index (κ3) is 2.41. The van der Waals surface area contributed by atoms with Gasteiger partial charge in [-0.25, -0.2) is 8.42 Å². The molecular formula is C10H15NO3S. The van der Waals surface area contributed by atoms with E-state index in [9.17, 15) is 8.42 Å². The molecule has 1 aliphatic rings. The van der Waals surface area contributed by atoms with Crippen LogP contribution in [0.5, 0.6) is 0 Å². The first-order valence-corrected chi connectivity index (χ1v) is 6.97. The first-order valence-electron chi connectivity index (χ1n) is 5.08. The molecule has 1 aliphatic heterocycles. The number of piperidine rings is 1. The zero-order valence-corrected chi connectivity index (χ0v) is 9.51. The van der Waals surface area contributed by atoms with Gasteiger partial charge in [-0.3, -0.25) is 0 Å². The van der Waals surface area contributed by atoms with Gasteiger partial charge in [-0.2, -0.15) is 0 Å². The van der Waals surface area contributed by atoms with Gasteiger partial charge in [0.2, 0.25) is 14.9 Å². The highest BCUT2D eigenvalue weighted by molar-refractivity contribution is 7.90. The second kappa shape index (κ2) is 3.98. The molecule has 1 fully saturated rings. The van der Waals surface area contributed by atoms with Crippen molar-refractivity contribution in [1.82, 2.24) is 5.32 Å². The highest BCUT2D eigenvalue weighted by Gasteiger charge is 2.20. The predicted molar refractivity (Wildman–Crippen MR) is 56.7 cm³/mol. The Bertz CT molecular complexity index is 429. The number of sulfone groups is 1. The number of nitrogens with one attached hydrogen (secondary N) is 1. The van der Waals surface area contributed by atoms with Gasteiger partial charge in [0, 0.05) is 18.7 Å². The van der Waals surface area contributed by atoms with Crippen LogP contribution in [0.15, 0.2) is 21.6 Å². The Morgan fingerprint density at radius 1 is 1.47 bits per heavy atom. The van der Waals surface area contributed by atoms with E-state index in [2.05, 4.69) is 5.32 Å². The smallest absolute Gasteiger partial charge is 0.217 e. The molecule has 84 valence electrons. The van der Waals surface area contributed by atoms with Gasteiger partial charge >= 0.3 is 0 Å². The van der Waals surface area contributed by atoms with Crippen LogP contribution in [0.25, 0.3) is 0 Å². The number of furan rings is 1. The molecule has 0 amide bonds. The van der Waals surface area contributed by atoms with Crippen LogP contribution in [-0.4, -0.2) is 27.8 Å². The van der Waals surface area contributed by atoms with Crippen molar-refractivity contribution < 1.29 is 12.8 Å². The van der Waals surface area contributed by atoms with Gasteiger partial charge in [0.15, 0.2) is 0 Å². The summed E-state index contributed by atoms with van der Waals surface area (Å²) in [6.45, 7) is 1.91. The van der Waals surface area contributed by atoms with Crippen molar-refractivity contribution in [1.29, 1.82) is 0 Å². The molecule has 1 saturated heterocycles. The Morgan fingerprint density at radius 3 is 2.80 bits per heavy atom. The Morgan fingerprint density at radius 2 is 2.27 bits per heavy atom. The van der Waals surface area contributed by atoms with E-state index in [0.717, 1.165) is 37.9 Å². The Kier molecular flexibility index (Phi) is 2.84. The van der Waals surface area contributed by atoms with Crippen LogP contribution in [0.1, 0.15) is 24.5 Å². The molecule has 1 aromatic rings. The second-order valence-electron chi connectivity index (χ2n) is 3.97. The minimum atomic E-state index is -3.21. The lowest BCUT2D eigenvalue weighted by Crippen LogP contribution is -2.28. The Labute approximate surface area is 89.6 Å². The third-order valence-corrected chi connectivity index (χ3v) is 3.62. The molecular weight excluding hydrogens is 214 g/mol. The second-order valence-corrected chi connectivity index (χ2v) is 5.92. The maximum absolute atomic E-state index is 11.2. The lowest BCUT2D eigenvalue weighted by atomic mass is 9.97. The van der Waals surface area contributed by atoms with Gasteiger partial charge < -0.3 is 9.73 Å². The lowest BCUT2D eigenvalue weighted by molar-refractivity contribution is 0.350. The first kappa shape index (κ1) is 10.7. The van der Waals surface area contributed by atoms with Gasteiger partial charge in [-0.05, 0) is 31.5 Å². The summed E-state index contributed by atoms with van der Waals surface area (Å²) in [5.74, 6) is 1.09. The molecule has 4 nitrogen and oxygen atoms in total. The van der Waals surface area contributed by atoms with Gasteiger partial charge in [0.25, 0.3) is 0 Å². The fraction of sp³-hybridized carbons (Fsp3) is 0.600. The molecule has 5 heteroatoms. The standard InChI is InChI=1S/C10H15NO3S/c1-15(12,13)10-5-4-9(14-10)8-3-2-6-11-7-8/h4-5,8,11H,2-3,6-7H2,1H3. The summed E-state index contributed by atoms with van der Waals surface area (Å²) >= 11 is 0. The van der Waals surface area contributed by atoms with Crippen molar-refractivity contribution in [3.63, 3.8) is 0 Å². The number of rotatable bonds is 2. The monoisotopic (exact) mass is 229 g/mol. The van der Waals surface area contributed by atoms with Crippen molar-refractivity contribution in [3.05, 3.63) is 17.9 Å². The van der Waals surface area contributed by atoms with E-state index < -0.39 is 9.84 Å². The van der Waals surface area contributed by atoms with Gasteiger partial charge in [0.1, 0.15) is 5.76 Å². The fourth-order valence-electron chi connectivity index (χ4n) is 1.85. The van der Waals surface area contributed by atoms with E-state index >= 15 is 0 Å². The van der Waals surface area contributed by atoms with Crippen LogP contribution < -0.4 is 5.32 Å². The van der Waals surface area contributed by atoms with Gasteiger partial charge in [-0.15, -0.1) is 0 Å². The Balaban J connectivity index is 2.19. The minimum Gasteiger partial charge on any atom is -0.449 e. The van der Waals surface area contributed by atoms with Crippen LogP contribution in [0.3, 0.4) is 0 Å². The number of hydrogen-bond donors (Lipinski definition) is 1. The highest BCUT2D eigenvalue weighted by atomic mass is 32.2. The molecule has 1 unspecified atom stereocenters. The van der Waals surface area contributed by atoms with Crippen molar-refractivity contribution in [2.75, 3.05) is 19.3 Å². The van der Waals surface area contributed by atoms with Gasteiger partial charge in [0.05, 0.1) is 0 Å². The van der Waals surface area contributed by atoms with Crippen LogP contribution in [-0.2, 0) is 9.84 Å². The topological polar surface area (TPSA) is 59.3 Å². The van der Waals surface area contributed by atoms with Crippen molar-refractivity contribution in [2.24, 2.45) is 0 Å². The highest BCUT2D eigenvalue weighted by Crippen LogP contribution is 2.26. The minimum absolute atomic E-state index is 0.0723. The molecule has 0 spiro atoms. The largest absolute Gasteiger partial charge is 0.449 e. The summed E-state index contributed by atoms with van der Waals surface area (Å²) in [5.41, 5.74) is 0. The quantitative estimate of drug-likeness (QED) is 0.826. The normalized spacial score (nSPS) is 22.9. The summed E-state index contributed by atoms with van der Waals surface area (Å²) in [6, 6.07) is 3.31. The van der Waals surface area contributed by atoms with Crippen molar-refractivity contribution >= 4 is 9.84 Å². The van der Waals surface area contributed by atoms with Crippen molar-refractivity contribution in [2.45, 2.75) is 23.9 Å². The Hall–Kier alpha value is -0.810. The van der Waals surface area contributed by atoms with Crippen molar-refractivity contribution in [3.8, 4) is 0 Å². The van der Waals surface area contributed by atoms with Crippen LogP contribution in [0.2, 0.25) is 0 Å². The summed E-state index contributed by atoms with van der Waals surface area (Å²) < 4.78 is 27.8. The number of hydrogen-bond acceptors (Lipinski definition) is 4. The summed E-state index contributed by atoms with van der Waals surface area (Å²) in [4.78, 5) is 0. The predicted octanol–water partition coefficient (Wildman–Crippen LogP) is 1.15. The third-order valence-electron chi connectivity index (χ3n) is 2.67. The van der Waals surface area contributed by atoms with Crippen LogP contribution >= 0.6 is 0 Å². The average molecular weight is 229 g/mol. The zero-order chi connectivity index (χ0) is 10.9. The maximum Gasteiger partial charge on any atom is 0.217 e. The first-order chi connectivity index (χ1) is 7.07. The van der Waals surface area contributed by atoms with E-state index in [1.165, 1.54) is 0 Å². The maximum atomic E-state index is 11.2.